The summed E-state index contributed by atoms with van der Waals surface area (Å²) in [5.74, 6) is -1.28. The van der Waals surface area contributed by atoms with Crippen LogP contribution >= 0.6 is 0 Å². The van der Waals surface area contributed by atoms with E-state index in [1.807, 2.05) is 6.92 Å². The highest BCUT2D eigenvalue weighted by Gasteiger charge is 2.30. The second kappa shape index (κ2) is 7.03. The van der Waals surface area contributed by atoms with Crippen LogP contribution in [0.2, 0.25) is 0 Å². The Morgan fingerprint density at radius 3 is 2.56 bits per heavy atom. The monoisotopic (exact) mass is 280 g/mol. The molecule has 2 N–H and O–H groups in total. The van der Waals surface area contributed by atoms with E-state index in [4.69, 9.17) is 9.84 Å². The largest absolute Gasteiger partial charge is 0.481 e. The van der Waals surface area contributed by atoms with Crippen molar-refractivity contribution in [2.45, 2.75) is 19.8 Å². The minimum absolute atomic E-state index is 0.231. The van der Waals surface area contributed by atoms with E-state index in [0.717, 1.165) is 0 Å². The van der Waals surface area contributed by atoms with Crippen LogP contribution in [-0.2, 0) is 19.7 Å². The van der Waals surface area contributed by atoms with Gasteiger partial charge in [0.1, 0.15) is 0 Å². The molecule has 1 aliphatic heterocycles. The molecule has 0 aromatic carbocycles. The van der Waals surface area contributed by atoms with Crippen LogP contribution < -0.4 is 4.72 Å². The topological polar surface area (TPSA) is 95.9 Å². The second-order valence-corrected chi connectivity index (χ2v) is 5.86. The lowest BCUT2D eigenvalue weighted by Crippen LogP contribution is -2.46. The molecule has 1 aliphatic rings. The van der Waals surface area contributed by atoms with E-state index in [2.05, 4.69) is 4.72 Å². The van der Waals surface area contributed by atoms with Crippen LogP contribution in [0.15, 0.2) is 0 Å². The van der Waals surface area contributed by atoms with Crippen LogP contribution in [0.3, 0.4) is 0 Å². The van der Waals surface area contributed by atoms with E-state index >= 15 is 0 Å². The molecule has 0 radical (unpaired) electrons. The maximum absolute atomic E-state index is 11.8. The molecule has 0 amide bonds. The molecule has 0 aromatic heterocycles. The number of carboxylic acids is 1. The minimum atomic E-state index is -3.50. The Hall–Kier alpha value is -0.700. The predicted octanol–water partition coefficient (Wildman–Crippen LogP) is -0.346. The van der Waals surface area contributed by atoms with Gasteiger partial charge in [0.05, 0.1) is 12.5 Å². The molecule has 8 heteroatoms. The van der Waals surface area contributed by atoms with Gasteiger partial charge in [0.2, 0.25) is 0 Å². The second-order valence-electron chi connectivity index (χ2n) is 4.11. The minimum Gasteiger partial charge on any atom is -0.481 e. The van der Waals surface area contributed by atoms with Crippen LogP contribution in [0.4, 0.5) is 0 Å². The summed E-state index contributed by atoms with van der Waals surface area (Å²) in [5.41, 5.74) is 0. The number of ether oxygens (including phenoxy) is 1. The summed E-state index contributed by atoms with van der Waals surface area (Å²) in [6.45, 7) is 3.45. The average molecular weight is 280 g/mol. The smallest absolute Gasteiger partial charge is 0.306 e. The van der Waals surface area contributed by atoms with Crippen molar-refractivity contribution in [1.29, 1.82) is 0 Å². The number of rotatable bonds is 7. The number of nitrogens with one attached hydrogen (secondary N) is 1. The van der Waals surface area contributed by atoms with Gasteiger partial charge in [0.25, 0.3) is 10.2 Å². The molecular formula is C10H20N2O5S. The first-order chi connectivity index (χ1) is 8.47. The van der Waals surface area contributed by atoms with Crippen molar-refractivity contribution in [3.63, 3.8) is 0 Å². The summed E-state index contributed by atoms with van der Waals surface area (Å²) in [6.07, 6.45) is 0.726. The third-order valence-electron chi connectivity index (χ3n) is 2.88. The van der Waals surface area contributed by atoms with Crippen LogP contribution in [-0.4, -0.2) is 56.6 Å². The summed E-state index contributed by atoms with van der Waals surface area (Å²) in [6, 6.07) is 0. The molecule has 18 heavy (non-hydrogen) atoms. The molecule has 7 nitrogen and oxygen atoms in total. The molecular weight excluding hydrogens is 260 g/mol. The summed E-state index contributed by atoms with van der Waals surface area (Å²) in [4.78, 5) is 10.8. The molecule has 0 unspecified atom stereocenters. The summed E-state index contributed by atoms with van der Waals surface area (Å²) in [5, 5.41) is 8.83. The van der Waals surface area contributed by atoms with Crippen molar-refractivity contribution in [3.8, 4) is 0 Å². The van der Waals surface area contributed by atoms with Gasteiger partial charge in [-0.1, -0.05) is 0 Å². The Kier molecular flexibility index (Phi) is 6.00. The fraction of sp³-hybridized carbons (Fsp3) is 0.900. The molecule has 106 valence electrons. The van der Waals surface area contributed by atoms with Crippen LogP contribution in [0.5, 0.6) is 0 Å². The lowest BCUT2D eigenvalue weighted by molar-refractivity contribution is -0.142. The third-order valence-corrected chi connectivity index (χ3v) is 4.49. The lowest BCUT2D eigenvalue weighted by atomic mass is 9.99. The van der Waals surface area contributed by atoms with Crippen molar-refractivity contribution in [3.05, 3.63) is 0 Å². The van der Waals surface area contributed by atoms with E-state index in [-0.39, 0.29) is 19.6 Å². The Labute approximate surface area is 107 Å². The predicted molar refractivity (Wildman–Crippen MR) is 65.3 cm³/mol. The van der Waals surface area contributed by atoms with Gasteiger partial charge in [0, 0.05) is 26.2 Å². The van der Waals surface area contributed by atoms with Crippen LogP contribution in [0.25, 0.3) is 0 Å². The highest BCUT2D eigenvalue weighted by atomic mass is 32.2. The van der Waals surface area contributed by atoms with Crippen molar-refractivity contribution in [1.82, 2.24) is 9.03 Å². The van der Waals surface area contributed by atoms with E-state index < -0.39 is 22.1 Å². The number of hydrogen-bond donors (Lipinski definition) is 2. The van der Waals surface area contributed by atoms with Crippen molar-refractivity contribution < 1.29 is 23.1 Å². The zero-order valence-corrected chi connectivity index (χ0v) is 11.3. The van der Waals surface area contributed by atoms with Crippen molar-refractivity contribution >= 4 is 16.2 Å². The molecule has 1 rings (SSSR count). The van der Waals surface area contributed by atoms with E-state index in [1.165, 1.54) is 4.31 Å². The number of carbonyl (C=O) groups is 1. The number of carboxylic acid groups (broad SMARTS) is 1. The van der Waals surface area contributed by atoms with Gasteiger partial charge < -0.3 is 9.84 Å². The SMILES string of the molecule is CCOCCNS(=O)(=O)N1CCC(C(=O)O)CC1. The van der Waals surface area contributed by atoms with Gasteiger partial charge in [-0.3, -0.25) is 4.79 Å². The maximum Gasteiger partial charge on any atom is 0.306 e. The summed E-state index contributed by atoms with van der Waals surface area (Å²) >= 11 is 0. The molecule has 1 fully saturated rings. The van der Waals surface area contributed by atoms with Gasteiger partial charge in [-0.15, -0.1) is 0 Å². The number of aliphatic carboxylic acids is 1. The Morgan fingerprint density at radius 1 is 1.44 bits per heavy atom. The molecule has 0 bridgehead atoms. The van der Waals surface area contributed by atoms with Crippen molar-refractivity contribution in [2.75, 3.05) is 32.8 Å². The molecule has 1 heterocycles. The third kappa shape index (κ3) is 4.52. The molecule has 0 aliphatic carbocycles. The molecule has 0 spiro atoms. The molecule has 0 saturated carbocycles. The van der Waals surface area contributed by atoms with Crippen LogP contribution in [0.1, 0.15) is 19.8 Å². The normalized spacial score (nSPS) is 18.9. The summed E-state index contributed by atoms with van der Waals surface area (Å²) in [7, 11) is -3.50. The van der Waals surface area contributed by atoms with E-state index in [9.17, 15) is 13.2 Å². The van der Waals surface area contributed by atoms with Crippen molar-refractivity contribution in [2.24, 2.45) is 5.92 Å². The number of hydrogen-bond acceptors (Lipinski definition) is 4. The fourth-order valence-corrected chi connectivity index (χ4v) is 3.04. The van der Waals surface area contributed by atoms with E-state index in [1.54, 1.807) is 0 Å². The first-order valence-electron chi connectivity index (χ1n) is 6.02. The van der Waals surface area contributed by atoms with E-state index in [0.29, 0.717) is 26.1 Å². The quantitative estimate of drug-likeness (QED) is 0.622. The Bertz CT molecular complexity index is 362. The van der Waals surface area contributed by atoms with Gasteiger partial charge in [-0.25, -0.2) is 0 Å². The zero-order valence-electron chi connectivity index (χ0n) is 10.5. The highest BCUT2D eigenvalue weighted by molar-refractivity contribution is 7.87. The first kappa shape index (κ1) is 15.4. The van der Waals surface area contributed by atoms with Gasteiger partial charge >= 0.3 is 5.97 Å². The lowest BCUT2D eigenvalue weighted by Gasteiger charge is -2.29. The first-order valence-corrected chi connectivity index (χ1v) is 7.46. The fourth-order valence-electron chi connectivity index (χ4n) is 1.82. The zero-order chi connectivity index (χ0) is 13.6. The number of nitrogens with zero attached hydrogens (tertiary/aromatic N) is 1. The average Bonchev–Trinajstić information content (AvgIpc) is 2.35. The summed E-state index contributed by atoms with van der Waals surface area (Å²) < 4.78 is 32.4. The molecule has 1 saturated heterocycles. The standard InChI is InChI=1S/C10H20N2O5S/c1-2-17-8-5-11-18(15,16)12-6-3-9(4-7-12)10(13)14/h9,11H,2-8H2,1H3,(H,13,14). The van der Waals surface area contributed by atoms with Gasteiger partial charge in [0.15, 0.2) is 0 Å². The molecule has 0 aromatic rings. The Balaban J connectivity index is 2.38. The van der Waals surface area contributed by atoms with Gasteiger partial charge in [-0.2, -0.15) is 17.4 Å². The molecule has 0 atom stereocenters. The Morgan fingerprint density at radius 2 is 2.06 bits per heavy atom. The maximum atomic E-state index is 11.8. The van der Waals surface area contributed by atoms with Crippen LogP contribution in [0, 0.1) is 5.92 Å². The van der Waals surface area contributed by atoms with Gasteiger partial charge in [-0.05, 0) is 19.8 Å². The highest BCUT2D eigenvalue weighted by Crippen LogP contribution is 2.18. The number of piperidine rings is 1.